The number of carbonyl (C=O) groups excluding carboxylic acids is 1. The Hall–Kier alpha value is -3.68. The molecule has 0 atom stereocenters. The van der Waals surface area contributed by atoms with Crippen LogP contribution in [0, 0.1) is 20.8 Å². The number of amides is 2. The molecule has 3 heterocycles. The van der Waals surface area contributed by atoms with Crippen molar-refractivity contribution in [3.63, 3.8) is 0 Å². The molecule has 31 heavy (non-hydrogen) atoms. The first-order valence-corrected chi connectivity index (χ1v) is 10.4. The van der Waals surface area contributed by atoms with Crippen molar-refractivity contribution in [1.82, 2.24) is 19.9 Å². The van der Waals surface area contributed by atoms with Gasteiger partial charge in [-0.05, 0) is 56.2 Å². The van der Waals surface area contributed by atoms with Crippen molar-refractivity contribution in [2.75, 3.05) is 41.7 Å². The number of aryl methyl sites for hydroxylation is 3. The molecule has 2 aromatic heterocycles. The van der Waals surface area contributed by atoms with E-state index in [-0.39, 0.29) is 6.03 Å². The minimum atomic E-state index is -0.0722. The average Bonchev–Trinajstić information content (AvgIpc) is 2.73. The van der Waals surface area contributed by atoms with E-state index in [9.17, 15) is 4.79 Å². The molecule has 8 nitrogen and oxygen atoms in total. The molecular weight excluding hydrogens is 390 g/mol. The fourth-order valence-electron chi connectivity index (χ4n) is 3.58. The largest absolute Gasteiger partial charge is 0.353 e. The lowest BCUT2D eigenvalue weighted by molar-refractivity contribution is 0.208. The van der Waals surface area contributed by atoms with Crippen LogP contribution in [0.15, 0.2) is 48.7 Å². The second kappa shape index (κ2) is 8.99. The number of hydrogen-bond acceptors (Lipinski definition) is 6. The molecule has 2 amide bonds. The highest BCUT2D eigenvalue weighted by atomic mass is 16.2. The smallest absolute Gasteiger partial charge is 0.321 e. The molecule has 1 aliphatic rings. The van der Waals surface area contributed by atoms with Gasteiger partial charge in [0.1, 0.15) is 23.3 Å². The highest BCUT2D eigenvalue weighted by Crippen LogP contribution is 2.21. The summed E-state index contributed by atoms with van der Waals surface area (Å²) in [5, 5.41) is 6.24. The van der Waals surface area contributed by atoms with E-state index in [0.29, 0.717) is 37.8 Å². The SMILES string of the molecule is Cc1cccc(NC(=O)N2CCN(c3cc(Nc4cc(C)ccn4)nc(C)n3)CC2)c1. The van der Waals surface area contributed by atoms with E-state index in [4.69, 9.17) is 0 Å². The Labute approximate surface area is 182 Å². The highest BCUT2D eigenvalue weighted by molar-refractivity contribution is 5.89. The summed E-state index contributed by atoms with van der Waals surface area (Å²) in [5.74, 6) is 3.00. The number of rotatable bonds is 4. The van der Waals surface area contributed by atoms with Crippen LogP contribution in [0.2, 0.25) is 0 Å². The van der Waals surface area contributed by atoms with Crippen LogP contribution in [-0.4, -0.2) is 52.1 Å². The Bertz CT molecular complexity index is 1080. The molecule has 1 aliphatic heterocycles. The summed E-state index contributed by atoms with van der Waals surface area (Å²) >= 11 is 0. The maximum absolute atomic E-state index is 12.6. The maximum atomic E-state index is 12.6. The molecular formula is C23H27N7O. The molecule has 3 aromatic rings. The van der Waals surface area contributed by atoms with Crippen LogP contribution in [-0.2, 0) is 0 Å². The second-order valence-electron chi connectivity index (χ2n) is 7.78. The standard InChI is InChI=1S/C23H27N7O/c1-16-5-4-6-19(13-16)27-23(31)30-11-9-29(10-12-30)22-15-21(25-18(3)26-22)28-20-14-17(2)7-8-24-20/h4-8,13-15H,9-12H2,1-3H3,(H,27,31)(H,24,25,26,28). The molecule has 4 rings (SSSR count). The summed E-state index contributed by atoms with van der Waals surface area (Å²) in [5.41, 5.74) is 3.06. The van der Waals surface area contributed by atoms with Gasteiger partial charge in [0.15, 0.2) is 0 Å². The molecule has 0 spiro atoms. The molecule has 2 N–H and O–H groups in total. The van der Waals surface area contributed by atoms with Crippen LogP contribution in [0.5, 0.6) is 0 Å². The zero-order valence-corrected chi connectivity index (χ0v) is 18.1. The third-order valence-corrected chi connectivity index (χ3v) is 5.16. The van der Waals surface area contributed by atoms with Crippen molar-refractivity contribution in [3.05, 3.63) is 65.6 Å². The van der Waals surface area contributed by atoms with E-state index in [2.05, 4.69) is 30.5 Å². The Morgan fingerprint density at radius 3 is 2.42 bits per heavy atom. The number of hydrogen-bond donors (Lipinski definition) is 2. The first-order chi connectivity index (χ1) is 15.0. The predicted molar refractivity (Wildman–Crippen MR) is 123 cm³/mol. The summed E-state index contributed by atoms with van der Waals surface area (Å²) in [4.78, 5) is 30.1. The van der Waals surface area contributed by atoms with Crippen molar-refractivity contribution < 1.29 is 4.79 Å². The Balaban J connectivity index is 1.39. The van der Waals surface area contributed by atoms with Crippen LogP contribution in [0.4, 0.5) is 27.9 Å². The van der Waals surface area contributed by atoms with Gasteiger partial charge in [-0.15, -0.1) is 0 Å². The minimum Gasteiger partial charge on any atom is -0.353 e. The Kier molecular flexibility index (Phi) is 5.97. The van der Waals surface area contributed by atoms with Gasteiger partial charge in [-0.3, -0.25) is 0 Å². The zero-order valence-electron chi connectivity index (χ0n) is 18.1. The van der Waals surface area contributed by atoms with Crippen LogP contribution in [0.1, 0.15) is 17.0 Å². The van der Waals surface area contributed by atoms with E-state index >= 15 is 0 Å². The summed E-state index contributed by atoms with van der Waals surface area (Å²) in [7, 11) is 0. The van der Waals surface area contributed by atoms with Gasteiger partial charge in [0.25, 0.3) is 0 Å². The van der Waals surface area contributed by atoms with Crippen LogP contribution in [0.25, 0.3) is 0 Å². The quantitative estimate of drug-likeness (QED) is 0.670. The Morgan fingerprint density at radius 2 is 1.68 bits per heavy atom. The normalized spacial score (nSPS) is 13.8. The molecule has 0 saturated carbocycles. The second-order valence-corrected chi connectivity index (χ2v) is 7.78. The van der Waals surface area contributed by atoms with Crippen LogP contribution in [0.3, 0.4) is 0 Å². The number of benzene rings is 1. The van der Waals surface area contributed by atoms with Gasteiger partial charge in [0.05, 0.1) is 0 Å². The lowest BCUT2D eigenvalue weighted by atomic mass is 10.2. The molecule has 160 valence electrons. The molecule has 0 unspecified atom stereocenters. The van der Waals surface area contributed by atoms with Crippen LogP contribution < -0.4 is 15.5 Å². The van der Waals surface area contributed by atoms with Gasteiger partial charge < -0.3 is 20.4 Å². The summed E-state index contributed by atoms with van der Waals surface area (Å²) < 4.78 is 0. The van der Waals surface area contributed by atoms with Crippen LogP contribution >= 0.6 is 0 Å². The van der Waals surface area contributed by atoms with E-state index in [1.165, 1.54) is 0 Å². The Morgan fingerprint density at radius 1 is 0.903 bits per heavy atom. The minimum absolute atomic E-state index is 0.0722. The molecule has 1 aromatic carbocycles. The van der Waals surface area contributed by atoms with Gasteiger partial charge in [0, 0.05) is 44.1 Å². The third-order valence-electron chi connectivity index (χ3n) is 5.16. The fourth-order valence-corrected chi connectivity index (χ4v) is 3.58. The number of aromatic nitrogens is 3. The lowest BCUT2D eigenvalue weighted by Crippen LogP contribution is -2.50. The van der Waals surface area contributed by atoms with Crippen molar-refractivity contribution >= 4 is 29.2 Å². The molecule has 1 saturated heterocycles. The number of carbonyl (C=O) groups is 1. The maximum Gasteiger partial charge on any atom is 0.321 e. The topological polar surface area (TPSA) is 86.3 Å². The summed E-state index contributed by atoms with van der Waals surface area (Å²) in [6, 6.07) is 13.6. The van der Waals surface area contributed by atoms with Gasteiger partial charge in [-0.1, -0.05) is 12.1 Å². The summed E-state index contributed by atoms with van der Waals surface area (Å²) in [6.45, 7) is 8.59. The zero-order chi connectivity index (χ0) is 21.8. The van der Waals surface area contributed by atoms with Gasteiger partial charge in [0.2, 0.25) is 0 Å². The number of pyridine rings is 1. The van der Waals surface area contributed by atoms with Gasteiger partial charge >= 0.3 is 6.03 Å². The molecule has 0 radical (unpaired) electrons. The summed E-state index contributed by atoms with van der Waals surface area (Å²) in [6.07, 6.45) is 1.77. The van der Waals surface area contributed by atoms with Crippen molar-refractivity contribution in [1.29, 1.82) is 0 Å². The number of urea groups is 1. The predicted octanol–water partition coefficient (Wildman–Crippen LogP) is 3.89. The first kappa shape index (κ1) is 20.6. The van der Waals surface area contributed by atoms with Crippen molar-refractivity contribution in [3.8, 4) is 0 Å². The highest BCUT2D eigenvalue weighted by Gasteiger charge is 2.22. The van der Waals surface area contributed by atoms with E-state index in [1.807, 2.05) is 68.1 Å². The van der Waals surface area contributed by atoms with Gasteiger partial charge in [-0.25, -0.2) is 19.7 Å². The van der Waals surface area contributed by atoms with Crippen molar-refractivity contribution in [2.45, 2.75) is 20.8 Å². The third kappa shape index (κ3) is 5.28. The monoisotopic (exact) mass is 417 g/mol. The molecule has 0 aliphatic carbocycles. The van der Waals surface area contributed by atoms with E-state index < -0.39 is 0 Å². The molecule has 0 bridgehead atoms. The lowest BCUT2D eigenvalue weighted by Gasteiger charge is -2.35. The first-order valence-electron chi connectivity index (χ1n) is 10.4. The van der Waals surface area contributed by atoms with Gasteiger partial charge in [-0.2, -0.15) is 0 Å². The number of anilines is 4. The number of piperazine rings is 1. The fraction of sp³-hybridized carbons (Fsp3) is 0.304. The molecule has 8 heteroatoms. The van der Waals surface area contributed by atoms with Crippen molar-refractivity contribution in [2.24, 2.45) is 0 Å². The average molecular weight is 418 g/mol. The van der Waals surface area contributed by atoms with E-state index in [1.54, 1.807) is 6.20 Å². The number of nitrogens with one attached hydrogen (secondary N) is 2. The number of nitrogens with zero attached hydrogens (tertiary/aromatic N) is 5. The molecule has 1 fully saturated rings. The van der Waals surface area contributed by atoms with E-state index in [0.717, 1.165) is 28.5 Å².